The molecule has 0 unspecified atom stereocenters. The number of hydrogen-bond acceptors (Lipinski definition) is 9. The minimum absolute atomic E-state index is 0.491. The number of nitrogens with zero attached hydrogens (tertiary/aromatic N) is 6. The SMILES string of the molecule is COCCNC1CCN(Cc2ccn3ncnc(Nc4ccc(Oc5ccnc(N=CN)c5)c(C)c4)c23)CC1. The first-order valence-electron chi connectivity index (χ1n) is 13.1. The maximum absolute atomic E-state index is 6.07. The van der Waals surface area contributed by atoms with E-state index in [4.69, 9.17) is 15.2 Å². The van der Waals surface area contributed by atoms with Gasteiger partial charge in [0.15, 0.2) is 11.6 Å². The number of ether oxygens (including phenoxy) is 2. The highest BCUT2D eigenvalue weighted by Gasteiger charge is 2.20. The van der Waals surface area contributed by atoms with Gasteiger partial charge in [-0.25, -0.2) is 19.5 Å². The van der Waals surface area contributed by atoms with Crippen LogP contribution in [0.25, 0.3) is 5.52 Å². The van der Waals surface area contributed by atoms with Gasteiger partial charge >= 0.3 is 0 Å². The average Bonchev–Trinajstić information content (AvgIpc) is 3.35. The van der Waals surface area contributed by atoms with Crippen molar-refractivity contribution in [3.8, 4) is 11.5 Å². The van der Waals surface area contributed by atoms with Crippen molar-refractivity contribution in [3.05, 3.63) is 66.2 Å². The van der Waals surface area contributed by atoms with Gasteiger partial charge in [0.2, 0.25) is 0 Å². The van der Waals surface area contributed by atoms with Gasteiger partial charge in [-0.3, -0.25) is 4.90 Å². The minimum Gasteiger partial charge on any atom is -0.457 e. The molecule has 11 heteroatoms. The number of piperidine rings is 1. The second-order valence-corrected chi connectivity index (χ2v) is 9.58. The van der Waals surface area contributed by atoms with Gasteiger partial charge in [0.05, 0.1) is 12.9 Å². The van der Waals surface area contributed by atoms with Gasteiger partial charge in [-0.1, -0.05) is 0 Å². The van der Waals surface area contributed by atoms with Crippen molar-refractivity contribution in [1.29, 1.82) is 0 Å². The standard InChI is InChI=1S/C28H35N9O2/c1-20-15-23(3-4-25(20)39-24-5-9-31-26(16-24)32-18-29)35-28-27-21(6-13-37(27)34-19-33-28)17-36-11-7-22(8-12-36)30-10-14-38-2/h3-6,9,13,15-16,18-19,22,30H,7-8,10-12,14,17H2,1-2H3,(H2,29,31,32)(H,33,34,35). The molecule has 4 aromatic rings. The third-order valence-electron chi connectivity index (χ3n) is 6.85. The van der Waals surface area contributed by atoms with Gasteiger partial charge < -0.3 is 25.8 Å². The van der Waals surface area contributed by atoms with E-state index < -0.39 is 0 Å². The molecule has 39 heavy (non-hydrogen) atoms. The number of aryl methyl sites for hydroxylation is 1. The molecule has 11 nitrogen and oxygen atoms in total. The molecule has 3 aromatic heterocycles. The number of anilines is 2. The number of nitrogens with one attached hydrogen (secondary N) is 2. The van der Waals surface area contributed by atoms with E-state index >= 15 is 0 Å². The largest absolute Gasteiger partial charge is 0.457 e. The second kappa shape index (κ2) is 12.7. The quantitative estimate of drug-likeness (QED) is 0.151. The van der Waals surface area contributed by atoms with Crippen LogP contribution in [0.1, 0.15) is 24.0 Å². The number of rotatable bonds is 11. The van der Waals surface area contributed by atoms with Crippen LogP contribution in [-0.4, -0.2) is 70.2 Å². The molecule has 204 valence electrons. The van der Waals surface area contributed by atoms with Gasteiger partial charge in [-0.05, 0) is 74.3 Å². The number of likely N-dealkylation sites (tertiary alicyclic amines) is 1. The van der Waals surface area contributed by atoms with Crippen molar-refractivity contribution < 1.29 is 9.47 Å². The molecule has 0 amide bonds. The fourth-order valence-corrected chi connectivity index (χ4v) is 4.85. The Morgan fingerprint density at radius 3 is 2.82 bits per heavy atom. The first-order chi connectivity index (χ1) is 19.1. The van der Waals surface area contributed by atoms with Crippen LogP contribution >= 0.6 is 0 Å². The summed E-state index contributed by atoms with van der Waals surface area (Å²) >= 11 is 0. The van der Waals surface area contributed by atoms with E-state index in [1.54, 1.807) is 31.8 Å². The Hall–Kier alpha value is -4.06. The lowest BCUT2D eigenvalue weighted by atomic mass is 10.0. The summed E-state index contributed by atoms with van der Waals surface area (Å²) in [6, 6.07) is 12.2. The second-order valence-electron chi connectivity index (χ2n) is 9.58. The number of fused-ring (bicyclic) bond motifs is 1. The molecule has 4 N–H and O–H groups in total. The molecule has 0 aliphatic carbocycles. The Balaban J connectivity index is 1.27. The zero-order chi connectivity index (χ0) is 27.0. The van der Waals surface area contributed by atoms with Gasteiger partial charge in [-0.2, -0.15) is 5.10 Å². The van der Waals surface area contributed by atoms with E-state index in [2.05, 4.69) is 41.7 Å². The summed E-state index contributed by atoms with van der Waals surface area (Å²) in [4.78, 5) is 15.2. The monoisotopic (exact) mass is 529 g/mol. The summed E-state index contributed by atoms with van der Waals surface area (Å²) in [5.74, 6) is 2.64. The highest BCUT2D eigenvalue weighted by atomic mass is 16.5. The lowest BCUT2D eigenvalue weighted by Gasteiger charge is -2.32. The van der Waals surface area contributed by atoms with Crippen LogP contribution in [0.4, 0.5) is 17.3 Å². The molecule has 1 fully saturated rings. The van der Waals surface area contributed by atoms with Crippen LogP contribution in [0.2, 0.25) is 0 Å². The maximum Gasteiger partial charge on any atom is 0.158 e. The van der Waals surface area contributed by atoms with Crippen LogP contribution < -0.4 is 21.1 Å². The molecule has 1 aliphatic rings. The molecule has 1 saturated heterocycles. The van der Waals surface area contributed by atoms with E-state index in [1.807, 2.05) is 35.8 Å². The van der Waals surface area contributed by atoms with Gasteiger partial charge in [0.1, 0.15) is 23.3 Å². The summed E-state index contributed by atoms with van der Waals surface area (Å²) in [5, 5.41) is 11.5. The Labute approximate surface area is 228 Å². The van der Waals surface area contributed by atoms with Gasteiger partial charge in [-0.15, -0.1) is 0 Å². The summed E-state index contributed by atoms with van der Waals surface area (Å²) < 4.78 is 13.1. The van der Waals surface area contributed by atoms with E-state index in [0.717, 1.165) is 74.0 Å². The molecular weight excluding hydrogens is 494 g/mol. The lowest BCUT2D eigenvalue weighted by Crippen LogP contribution is -2.43. The fraction of sp³-hybridized carbons (Fsp3) is 0.357. The molecule has 0 saturated carbocycles. The zero-order valence-electron chi connectivity index (χ0n) is 22.4. The Morgan fingerprint density at radius 1 is 1.15 bits per heavy atom. The van der Waals surface area contributed by atoms with E-state index in [0.29, 0.717) is 17.6 Å². The van der Waals surface area contributed by atoms with E-state index in [9.17, 15) is 0 Å². The molecule has 0 radical (unpaired) electrons. The average molecular weight is 530 g/mol. The Morgan fingerprint density at radius 2 is 2.03 bits per heavy atom. The van der Waals surface area contributed by atoms with Crippen molar-refractivity contribution in [2.24, 2.45) is 10.7 Å². The van der Waals surface area contributed by atoms with Crippen molar-refractivity contribution in [2.75, 3.05) is 38.7 Å². The third-order valence-corrected chi connectivity index (χ3v) is 6.85. The van der Waals surface area contributed by atoms with Crippen LogP contribution in [-0.2, 0) is 11.3 Å². The number of hydrogen-bond donors (Lipinski definition) is 3. The minimum atomic E-state index is 0.491. The molecule has 0 atom stereocenters. The van der Waals surface area contributed by atoms with Crippen molar-refractivity contribution >= 4 is 29.2 Å². The predicted molar refractivity (Wildman–Crippen MR) is 152 cm³/mol. The highest BCUT2D eigenvalue weighted by molar-refractivity contribution is 5.76. The third kappa shape index (κ3) is 6.69. The van der Waals surface area contributed by atoms with Crippen LogP contribution in [0.15, 0.2) is 60.1 Å². The molecular formula is C28H35N9O2. The first kappa shape index (κ1) is 26.5. The first-order valence-corrected chi connectivity index (χ1v) is 13.1. The highest BCUT2D eigenvalue weighted by Crippen LogP contribution is 2.31. The maximum atomic E-state index is 6.07. The predicted octanol–water partition coefficient (Wildman–Crippen LogP) is 3.79. The van der Waals surface area contributed by atoms with E-state index in [-0.39, 0.29) is 0 Å². The zero-order valence-corrected chi connectivity index (χ0v) is 22.4. The summed E-state index contributed by atoms with van der Waals surface area (Å²) in [6.45, 7) is 6.62. The van der Waals surface area contributed by atoms with Crippen molar-refractivity contribution in [1.82, 2.24) is 29.8 Å². The molecule has 1 aromatic carbocycles. The summed E-state index contributed by atoms with van der Waals surface area (Å²) in [5.41, 5.74) is 9.46. The van der Waals surface area contributed by atoms with Gasteiger partial charge in [0, 0.05) is 50.4 Å². The lowest BCUT2D eigenvalue weighted by molar-refractivity contribution is 0.169. The number of methoxy groups -OCH3 is 1. The van der Waals surface area contributed by atoms with Crippen molar-refractivity contribution in [2.45, 2.75) is 32.4 Å². The number of aromatic nitrogens is 4. The fourth-order valence-electron chi connectivity index (χ4n) is 4.85. The van der Waals surface area contributed by atoms with Crippen LogP contribution in [0.5, 0.6) is 11.5 Å². The smallest absolute Gasteiger partial charge is 0.158 e. The number of nitrogens with two attached hydrogens (primary N) is 1. The molecule has 4 heterocycles. The topological polar surface area (TPSA) is 127 Å². The summed E-state index contributed by atoms with van der Waals surface area (Å²) in [6.07, 6.45) is 8.68. The van der Waals surface area contributed by atoms with Gasteiger partial charge in [0.25, 0.3) is 0 Å². The van der Waals surface area contributed by atoms with Crippen LogP contribution in [0.3, 0.4) is 0 Å². The number of pyridine rings is 1. The number of aliphatic imine (C=N–C) groups is 1. The molecule has 0 bridgehead atoms. The van der Waals surface area contributed by atoms with Crippen molar-refractivity contribution in [3.63, 3.8) is 0 Å². The molecule has 0 spiro atoms. The van der Waals surface area contributed by atoms with E-state index in [1.165, 1.54) is 11.9 Å². The van der Waals surface area contributed by atoms with Crippen LogP contribution in [0, 0.1) is 6.92 Å². The normalized spacial score (nSPS) is 14.8. The molecule has 1 aliphatic heterocycles. The summed E-state index contributed by atoms with van der Waals surface area (Å²) in [7, 11) is 1.74. The molecule has 5 rings (SSSR count). The Bertz CT molecular complexity index is 1410. The Kier molecular flexibility index (Phi) is 8.61. The number of benzene rings is 1.